The van der Waals surface area contributed by atoms with Gasteiger partial charge in [0.25, 0.3) is 0 Å². The Bertz CT molecular complexity index is 581. The Kier molecular flexibility index (Phi) is 3.56. The molecule has 6 nitrogen and oxygen atoms in total. The van der Waals surface area contributed by atoms with Crippen LogP contribution in [0.15, 0.2) is 23.4 Å². The Balaban J connectivity index is 2.14. The van der Waals surface area contributed by atoms with Crippen molar-refractivity contribution in [3.8, 4) is 0 Å². The van der Waals surface area contributed by atoms with Crippen LogP contribution in [0.1, 0.15) is 11.1 Å². The number of halogens is 1. The van der Waals surface area contributed by atoms with Crippen molar-refractivity contribution < 1.29 is 4.39 Å². The molecule has 0 atom stereocenters. The average molecular weight is 266 g/mol. The molecule has 0 amide bonds. The van der Waals surface area contributed by atoms with Gasteiger partial charge < -0.3 is 5.73 Å². The van der Waals surface area contributed by atoms with Gasteiger partial charge in [-0.05, 0) is 34.2 Å². The third-order valence-electron chi connectivity index (χ3n) is 2.22. The lowest BCUT2D eigenvalue weighted by Gasteiger charge is -2.04. The Labute approximate surface area is 107 Å². The fourth-order valence-corrected chi connectivity index (χ4v) is 2.16. The van der Waals surface area contributed by atoms with E-state index in [2.05, 4.69) is 15.5 Å². The fraction of sp³-hybridized carbons (Fsp3) is 0.200. The minimum atomic E-state index is -0.408. The quantitative estimate of drug-likeness (QED) is 0.487. The van der Waals surface area contributed by atoms with Gasteiger partial charge in [-0.3, -0.25) is 5.41 Å². The molecule has 0 aliphatic heterocycles. The van der Waals surface area contributed by atoms with Crippen molar-refractivity contribution in [1.29, 1.82) is 5.41 Å². The molecule has 2 rings (SSSR count). The number of nitrogens with zero attached hydrogens (tertiary/aromatic N) is 4. The van der Waals surface area contributed by atoms with Gasteiger partial charge in [-0.2, -0.15) is 0 Å². The zero-order valence-electron chi connectivity index (χ0n) is 9.59. The van der Waals surface area contributed by atoms with Crippen molar-refractivity contribution in [1.82, 2.24) is 20.2 Å². The first kappa shape index (κ1) is 12.5. The van der Waals surface area contributed by atoms with Gasteiger partial charge in [-0.25, -0.2) is 9.07 Å². The molecule has 1 heterocycles. The van der Waals surface area contributed by atoms with Crippen LogP contribution in [-0.4, -0.2) is 26.0 Å². The number of benzene rings is 1. The van der Waals surface area contributed by atoms with Gasteiger partial charge in [0.15, 0.2) is 0 Å². The van der Waals surface area contributed by atoms with Crippen molar-refractivity contribution >= 4 is 17.6 Å². The molecule has 0 spiro atoms. The third kappa shape index (κ3) is 2.83. The highest BCUT2D eigenvalue weighted by atomic mass is 32.2. The summed E-state index contributed by atoms with van der Waals surface area (Å²) in [7, 11) is 1.73. The number of nitrogen functional groups attached to an aromatic ring is 1. The number of rotatable bonds is 4. The van der Waals surface area contributed by atoms with Gasteiger partial charge in [0.1, 0.15) is 11.7 Å². The molecule has 0 fully saturated rings. The molecule has 0 aliphatic rings. The number of thioether (sulfide) groups is 1. The second-order valence-electron chi connectivity index (χ2n) is 3.64. The van der Waals surface area contributed by atoms with Crippen LogP contribution in [-0.2, 0) is 12.8 Å². The van der Waals surface area contributed by atoms with Gasteiger partial charge in [-0.1, -0.05) is 11.8 Å². The summed E-state index contributed by atoms with van der Waals surface area (Å²) < 4.78 is 14.9. The van der Waals surface area contributed by atoms with E-state index in [9.17, 15) is 4.39 Å². The lowest BCUT2D eigenvalue weighted by Crippen LogP contribution is -2.11. The molecule has 1 aromatic carbocycles. The number of tetrazole rings is 1. The molecular formula is C10H11FN6S. The first-order valence-corrected chi connectivity index (χ1v) is 6.04. The van der Waals surface area contributed by atoms with Crippen LogP contribution in [0.3, 0.4) is 0 Å². The van der Waals surface area contributed by atoms with Gasteiger partial charge >= 0.3 is 0 Å². The van der Waals surface area contributed by atoms with Crippen LogP contribution in [0.25, 0.3) is 0 Å². The summed E-state index contributed by atoms with van der Waals surface area (Å²) in [5, 5.41) is 19.0. The van der Waals surface area contributed by atoms with Crippen LogP contribution in [0.5, 0.6) is 0 Å². The predicted molar refractivity (Wildman–Crippen MR) is 65.8 cm³/mol. The number of amidine groups is 1. The van der Waals surface area contributed by atoms with Crippen LogP contribution in [0.2, 0.25) is 0 Å². The average Bonchev–Trinajstić information content (AvgIpc) is 2.71. The zero-order valence-corrected chi connectivity index (χ0v) is 10.4. The summed E-state index contributed by atoms with van der Waals surface area (Å²) >= 11 is 1.38. The van der Waals surface area contributed by atoms with E-state index in [1.165, 1.54) is 28.6 Å². The monoisotopic (exact) mass is 266 g/mol. The zero-order chi connectivity index (χ0) is 13.1. The summed E-state index contributed by atoms with van der Waals surface area (Å²) in [5.41, 5.74) is 6.45. The second-order valence-corrected chi connectivity index (χ2v) is 4.58. The number of nitrogens with one attached hydrogen (secondary N) is 1. The highest BCUT2D eigenvalue weighted by Crippen LogP contribution is 2.20. The standard InChI is InChI=1S/C10H11FN6S/c1-17-10(14-15-16-17)18-5-6-2-7(9(12)13)4-8(11)3-6/h2-4H,5H2,1H3,(H3,12,13). The third-order valence-corrected chi connectivity index (χ3v) is 3.30. The number of nitrogens with two attached hydrogens (primary N) is 1. The highest BCUT2D eigenvalue weighted by Gasteiger charge is 2.07. The minimum Gasteiger partial charge on any atom is -0.384 e. The smallest absolute Gasteiger partial charge is 0.209 e. The Morgan fingerprint density at radius 1 is 1.50 bits per heavy atom. The summed E-state index contributed by atoms with van der Waals surface area (Å²) in [5.74, 6) is -0.0536. The topological polar surface area (TPSA) is 93.5 Å². The van der Waals surface area contributed by atoms with E-state index in [0.29, 0.717) is 16.5 Å². The SMILES string of the molecule is Cn1nnnc1SCc1cc(F)cc(C(=N)N)c1. The Morgan fingerprint density at radius 3 is 2.89 bits per heavy atom. The molecule has 2 aromatic rings. The molecule has 18 heavy (non-hydrogen) atoms. The van der Waals surface area contributed by atoms with E-state index in [0.717, 1.165) is 5.56 Å². The normalized spacial score (nSPS) is 10.6. The summed E-state index contributed by atoms with van der Waals surface area (Å²) in [6, 6.07) is 4.33. The molecule has 0 unspecified atom stereocenters. The molecule has 0 saturated heterocycles. The van der Waals surface area contributed by atoms with E-state index >= 15 is 0 Å². The van der Waals surface area contributed by atoms with Crippen molar-refractivity contribution in [3.63, 3.8) is 0 Å². The molecule has 94 valence electrons. The van der Waals surface area contributed by atoms with E-state index in [4.69, 9.17) is 11.1 Å². The lowest BCUT2D eigenvalue weighted by molar-refractivity contribution is 0.626. The van der Waals surface area contributed by atoms with Crippen molar-refractivity contribution in [2.24, 2.45) is 12.8 Å². The van der Waals surface area contributed by atoms with E-state index < -0.39 is 5.82 Å². The molecule has 1 aromatic heterocycles. The largest absolute Gasteiger partial charge is 0.384 e. The maximum Gasteiger partial charge on any atom is 0.209 e. The molecular weight excluding hydrogens is 255 g/mol. The highest BCUT2D eigenvalue weighted by molar-refractivity contribution is 7.98. The van der Waals surface area contributed by atoms with Crippen LogP contribution in [0, 0.1) is 11.2 Å². The van der Waals surface area contributed by atoms with E-state index in [-0.39, 0.29) is 5.84 Å². The maximum absolute atomic E-state index is 13.3. The molecule has 0 aliphatic carbocycles. The van der Waals surface area contributed by atoms with Crippen molar-refractivity contribution in [3.05, 3.63) is 35.1 Å². The molecule has 0 bridgehead atoms. The van der Waals surface area contributed by atoms with Gasteiger partial charge in [0, 0.05) is 18.4 Å². The Morgan fingerprint density at radius 2 is 2.28 bits per heavy atom. The van der Waals surface area contributed by atoms with Crippen molar-refractivity contribution in [2.45, 2.75) is 10.9 Å². The van der Waals surface area contributed by atoms with Crippen LogP contribution >= 0.6 is 11.8 Å². The molecule has 3 N–H and O–H groups in total. The molecule has 0 saturated carbocycles. The Hall–Kier alpha value is -1.96. The van der Waals surface area contributed by atoms with Gasteiger partial charge in [0.2, 0.25) is 5.16 Å². The van der Waals surface area contributed by atoms with Gasteiger partial charge in [0.05, 0.1) is 0 Å². The summed E-state index contributed by atoms with van der Waals surface area (Å²) in [6.45, 7) is 0. The predicted octanol–water partition coefficient (Wildman–Crippen LogP) is 0.926. The second kappa shape index (κ2) is 5.13. The maximum atomic E-state index is 13.3. The molecule has 0 radical (unpaired) electrons. The van der Waals surface area contributed by atoms with Crippen LogP contribution < -0.4 is 5.73 Å². The molecule has 8 heteroatoms. The van der Waals surface area contributed by atoms with Gasteiger partial charge in [-0.15, -0.1) is 5.10 Å². The number of aryl methyl sites for hydroxylation is 1. The number of hydrogen-bond acceptors (Lipinski definition) is 5. The minimum absolute atomic E-state index is 0.152. The summed E-state index contributed by atoms with van der Waals surface area (Å²) in [4.78, 5) is 0. The first-order chi connectivity index (χ1) is 8.56. The van der Waals surface area contributed by atoms with Crippen LogP contribution in [0.4, 0.5) is 4.39 Å². The number of hydrogen-bond donors (Lipinski definition) is 2. The lowest BCUT2D eigenvalue weighted by atomic mass is 10.1. The number of aromatic nitrogens is 4. The first-order valence-electron chi connectivity index (χ1n) is 5.05. The van der Waals surface area contributed by atoms with E-state index in [1.54, 1.807) is 13.1 Å². The van der Waals surface area contributed by atoms with Crippen molar-refractivity contribution in [2.75, 3.05) is 0 Å². The summed E-state index contributed by atoms with van der Waals surface area (Å²) in [6.07, 6.45) is 0. The fourth-order valence-electron chi connectivity index (χ4n) is 1.38. The van der Waals surface area contributed by atoms with E-state index in [1.807, 2.05) is 0 Å².